The summed E-state index contributed by atoms with van der Waals surface area (Å²) in [6, 6.07) is 11.3. The zero-order valence-corrected chi connectivity index (χ0v) is 11.3. The van der Waals surface area contributed by atoms with Gasteiger partial charge in [0.15, 0.2) is 11.5 Å². The van der Waals surface area contributed by atoms with Crippen molar-refractivity contribution in [3.8, 4) is 11.5 Å². The van der Waals surface area contributed by atoms with Gasteiger partial charge in [-0.15, -0.1) is 0 Å². The van der Waals surface area contributed by atoms with Crippen molar-refractivity contribution in [3.05, 3.63) is 59.7 Å². The minimum Gasteiger partial charge on any atom is -0.486 e. The monoisotopic (exact) mass is 291 g/mol. The number of ether oxygens (including phenoxy) is 2. The molecule has 1 atom stereocenters. The topological polar surface area (TPSA) is 30.5 Å². The lowest BCUT2D eigenvalue weighted by molar-refractivity contribution is 0.0901. The van der Waals surface area contributed by atoms with E-state index in [1.165, 1.54) is 18.2 Å². The zero-order valence-electron chi connectivity index (χ0n) is 11.3. The van der Waals surface area contributed by atoms with Gasteiger partial charge in [0.2, 0.25) is 0 Å². The Kier molecular flexibility index (Phi) is 4.01. The molecule has 3 rings (SSSR count). The number of nitrogens with one attached hydrogen (secondary N) is 1. The molecular formula is C16H15F2NO2. The normalized spacial score (nSPS) is 16.8. The standard InChI is InChI=1S/C16H15F2NO2/c17-13-4-3-5-14(18)12(13)9-19-8-11-10-20-15-6-1-2-7-16(15)21-11/h1-7,11,19H,8-10H2. The van der Waals surface area contributed by atoms with Crippen molar-refractivity contribution in [2.24, 2.45) is 0 Å². The Hall–Kier alpha value is -2.14. The highest BCUT2D eigenvalue weighted by atomic mass is 19.1. The van der Waals surface area contributed by atoms with Crippen LogP contribution in [0.25, 0.3) is 0 Å². The number of rotatable bonds is 4. The van der Waals surface area contributed by atoms with Crippen LogP contribution in [0.5, 0.6) is 11.5 Å². The van der Waals surface area contributed by atoms with Crippen molar-refractivity contribution < 1.29 is 18.3 Å². The van der Waals surface area contributed by atoms with Crippen molar-refractivity contribution in [2.45, 2.75) is 12.6 Å². The van der Waals surface area contributed by atoms with Crippen LogP contribution in [-0.4, -0.2) is 19.3 Å². The van der Waals surface area contributed by atoms with E-state index in [4.69, 9.17) is 9.47 Å². The summed E-state index contributed by atoms with van der Waals surface area (Å²) in [5.74, 6) is 0.309. The van der Waals surface area contributed by atoms with Crippen molar-refractivity contribution >= 4 is 0 Å². The first-order valence-electron chi connectivity index (χ1n) is 6.76. The SMILES string of the molecule is Fc1cccc(F)c1CNCC1COc2ccccc2O1. The largest absolute Gasteiger partial charge is 0.486 e. The first-order chi connectivity index (χ1) is 10.2. The minimum atomic E-state index is -0.548. The Morgan fingerprint density at radius 1 is 1.00 bits per heavy atom. The summed E-state index contributed by atoms with van der Waals surface area (Å²) in [6.07, 6.45) is -0.185. The molecule has 1 aliphatic heterocycles. The number of benzene rings is 2. The molecule has 0 saturated heterocycles. The molecule has 0 bridgehead atoms. The maximum absolute atomic E-state index is 13.5. The van der Waals surface area contributed by atoms with Crippen molar-refractivity contribution in [2.75, 3.05) is 13.2 Å². The Morgan fingerprint density at radius 3 is 2.48 bits per heavy atom. The van der Waals surface area contributed by atoms with Gasteiger partial charge < -0.3 is 14.8 Å². The highest BCUT2D eigenvalue weighted by Crippen LogP contribution is 2.30. The molecule has 0 spiro atoms. The highest BCUT2D eigenvalue weighted by Gasteiger charge is 2.20. The van der Waals surface area contributed by atoms with Crippen LogP contribution in [-0.2, 0) is 6.54 Å². The first kappa shape index (κ1) is 13.8. The van der Waals surface area contributed by atoms with Gasteiger partial charge in [-0.05, 0) is 24.3 Å². The Balaban J connectivity index is 1.55. The first-order valence-corrected chi connectivity index (χ1v) is 6.76. The van der Waals surface area contributed by atoms with Crippen molar-refractivity contribution in [1.82, 2.24) is 5.32 Å². The number of halogens is 2. The van der Waals surface area contributed by atoms with Crippen LogP contribution in [0.2, 0.25) is 0 Å². The summed E-state index contributed by atoms with van der Waals surface area (Å²) in [5.41, 5.74) is 0.0367. The molecule has 0 aromatic heterocycles. The lowest BCUT2D eigenvalue weighted by atomic mass is 10.2. The molecule has 0 fully saturated rings. The van der Waals surface area contributed by atoms with E-state index >= 15 is 0 Å². The quantitative estimate of drug-likeness (QED) is 0.939. The van der Waals surface area contributed by atoms with Crippen LogP contribution in [0.3, 0.4) is 0 Å². The van der Waals surface area contributed by atoms with E-state index in [-0.39, 0.29) is 18.2 Å². The third-order valence-corrected chi connectivity index (χ3v) is 3.30. The number of hydrogen-bond acceptors (Lipinski definition) is 3. The lowest BCUT2D eigenvalue weighted by Crippen LogP contribution is -2.38. The Morgan fingerprint density at radius 2 is 1.71 bits per heavy atom. The summed E-state index contributed by atoms with van der Waals surface area (Å²) in [6.45, 7) is 0.964. The summed E-state index contributed by atoms with van der Waals surface area (Å²) < 4.78 is 38.3. The average Bonchev–Trinajstić information content (AvgIpc) is 2.50. The predicted molar refractivity (Wildman–Crippen MR) is 74.4 cm³/mol. The molecule has 1 heterocycles. The Labute approximate surface area is 121 Å². The highest BCUT2D eigenvalue weighted by molar-refractivity contribution is 5.40. The fourth-order valence-electron chi connectivity index (χ4n) is 2.22. The number of para-hydroxylation sites is 2. The van der Waals surface area contributed by atoms with Gasteiger partial charge in [-0.3, -0.25) is 0 Å². The molecule has 2 aromatic rings. The van der Waals surface area contributed by atoms with Crippen LogP contribution in [0, 0.1) is 11.6 Å². The van der Waals surface area contributed by atoms with E-state index in [9.17, 15) is 8.78 Å². The van der Waals surface area contributed by atoms with Gasteiger partial charge in [0.25, 0.3) is 0 Å². The maximum atomic E-state index is 13.5. The molecular weight excluding hydrogens is 276 g/mol. The smallest absolute Gasteiger partial charge is 0.161 e. The van der Waals surface area contributed by atoms with Gasteiger partial charge in [-0.2, -0.15) is 0 Å². The minimum absolute atomic E-state index is 0.0367. The van der Waals surface area contributed by atoms with Crippen LogP contribution in [0.15, 0.2) is 42.5 Å². The molecule has 0 amide bonds. The molecule has 1 N–H and O–H groups in total. The average molecular weight is 291 g/mol. The van der Waals surface area contributed by atoms with E-state index < -0.39 is 11.6 Å². The molecule has 0 radical (unpaired) electrons. The van der Waals surface area contributed by atoms with Crippen LogP contribution < -0.4 is 14.8 Å². The summed E-state index contributed by atoms with van der Waals surface area (Å²) in [4.78, 5) is 0. The van der Waals surface area contributed by atoms with E-state index in [0.29, 0.717) is 24.7 Å². The van der Waals surface area contributed by atoms with Gasteiger partial charge >= 0.3 is 0 Å². The zero-order chi connectivity index (χ0) is 14.7. The third kappa shape index (κ3) is 3.13. The lowest BCUT2D eigenvalue weighted by Gasteiger charge is -2.26. The van der Waals surface area contributed by atoms with E-state index in [2.05, 4.69) is 5.32 Å². The second-order valence-electron chi connectivity index (χ2n) is 4.83. The molecule has 3 nitrogen and oxygen atoms in total. The van der Waals surface area contributed by atoms with Crippen LogP contribution in [0.4, 0.5) is 8.78 Å². The molecule has 0 aliphatic carbocycles. The van der Waals surface area contributed by atoms with Gasteiger partial charge in [0.05, 0.1) is 0 Å². The predicted octanol–water partition coefficient (Wildman–Crippen LogP) is 2.89. The second-order valence-corrected chi connectivity index (χ2v) is 4.83. The Bertz CT molecular complexity index is 613. The van der Waals surface area contributed by atoms with Gasteiger partial charge in [-0.1, -0.05) is 18.2 Å². The molecule has 21 heavy (non-hydrogen) atoms. The summed E-state index contributed by atoms with van der Waals surface area (Å²) in [5, 5.41) is 3.00. The fraction of sp³-hybridized carbons (Fsp3) is 0.250. The van der Waals surface area contributed by atoms with Gasteiger partial charge in [0.1, 0.15) is 24.3 Å². The van der Waals surface area contributed by atoms with Crippen molar-refractivity contribution in [3.63, 3.8) is 0 Å². The van der Waals surface area contributed by atoms with Crippen LogP contribution in [0.1, 0.15) is 5.56 Å². The second kappa shape index (κ2) is 6.10. The third-order valence-electron chi connectivity index (χ3n) is 3.30. The van der Waals surface area contributed by atoms with Crippen LogP contribution >= 0.6 is 0 Å². The van der Waals surface area contributed by atoms with E-state index in [0.717, 1.165) is 0 Å². The maximum Gasteiger partial charge on any atom is 0.161 e. The van der Waals surface area contributed by atoms with Crippen molar-refractivity contribution in [1.29, 1.82) is 0 Å². The molecule has 2 aromatic carbocycles. The molecule has 110 valence electrons. The number of hydrogen-bond donors (Lipinski definition) is 1. The fourth-order valence-corrected chi connectivity index (χ4v) is 2.22. The number of fused-ring (bicyclic) bond motifs is 1. The molecule has 5 heteroatoms. The molecule has 1 unspecified atom stereocenters. The van der Waals surface area contributed by atoms with Gasteiger partial charge in [0, 0.05) is 18.7 Å². The van der Waals surface area contributed by atoms with Gasteiger partial charge in [-0.25, -0.2) is 8.78 Å². The summed E-state index contributed by atoms with van der Waals surface area (Å²) in [7, 11) is 0. The summed E-state index contributed by atoms with van der Waals surface area (Å²) >= 11 is 0. The van der Waals surface area contributed by atoms with E-state index in [1.54, 1.807) is 0 Å². The van der Waals surface area contributed by atoms with E-state index in [1.807, 2.05) is 24.3 Å². The molecule has 0 saturated carbocycles. The molecule has 1 aliphatic rings.